The number of rotatable bonds is 7. The summed E-state index contributed by atoms with van der Waals surface area (Å²) in [6.07, 6.45) is 1.88. The van der Waals surface area contributed by atoms with Gasteiger partial charge in [-0.05, 0) is 37.5 Å². The van der Waals surface area contributed by atoms with Crippen LogP contribution in [0.1, 0.15) is 52.2 Å². The second-order valence-electron chi connectivity index (χ2n) is 5.10. The van der Waals surface area contributed by atoms with Crippen LogP contribution in [0.4, 0.5) is 5.69 Å². The summed E-state index contributed by atoms with van der Waals surface area (Å²) in [7, 11) is 0. The van der Waals surface area contributed by atoms with Gasteiger partial charge in [0.1, 0.15) is 0 Å². The molecule has 1 N–H and O–H groups in total. The Morgan fingerprint density at radius 1 is 1.21 bits per heavy atom. The molecule has 19 heavy (non-hydrogen) atoms. The molecule has 0 aliphatic heterocycles. The molecule has 2 nitrogen and oxygen atoms in total. The molecular weight excluding hydrogens is 258 g/mol. The monoisotopic (exact) mass is 283 g/mol. The van der Waals surface area contributed by atoms with E-state index < -0.39 is 6.10 Å². The van der Waals surface area contributed by atoms with Gasteiger partial charge in [-0.1, -0.05) is 44.4 Å². The molecule has 0 fully saturated rings. The lowest BCUT2D eigenvalue weighted by Crippen LogP contribution is -2.29. The highest BCUT2D eigenvalue weighted by Gasteiger charge is 2.13. The van der Waals surface area contributed by atoms with Gasteiger partial charge in [0.15, 0.2) is 0 Å². The van der Waals surface area contributed by atoms with Crippen LogP contribution in [0.25, 0.3) is 0 Å². The van der Waals surface area contributed by atoms with Crippen molar-refractivity contribution >= 4 is 17.3 Å². The Morgan fingerprint density at radius 2 is 1.84 bits per heavy atom. The van der Waals surface area contributed by atoms with Crippen LogP contribution >= 0.6 is 11.6 Å². The predicted molar refractivity (Wildman–Crippen MR) is 84.0 cm³/mol. The Bertz CT molecular complexity index is 388. The third kappa shape index (κ3) is 4.39. The number of halogens is 1. The molecule has 1 aromatic rings. The van der Waals surface area contributed by atoms with Crippen LogP contribution in [0.3, 0.4) is 0 Å². The Kier molecular flexibility index (Phi) is 6.67. The van der Waals surface area contributed by atoms with Gasteiger partial charge in [-0.3, -0.25) is 0 Å². The van der Waals surface area contributed by atoms with E-state index in [2.05, 4.69) is 31.7 Å². The molecule has 0 saturated carbocycles. The predicted octanol–water partition coefficient (Wildman–Crippen LogP) is 4.66. The molecule has 1 atom stereocenters. The minimum atomic E-state index is -0.518. The highest BCUT2D eigenvalue weighted by atomic mass is 35.5. The molecular formula is C16H26ClNO. The van der Waals surface area contributed by atoms with Crippen LogP contribution in [0, 0.1) is 5.92 Å². The molecule has 0 spiro atoms. The van der Waals surface area contributed by atoms with E-state index in [9.17, 15) is 5.11 Å². The Labute approximate surface area is 122 Å². The zero-order valence-corrected chi connectivity index (χ0v) is 13.2. The number of aliphatic hydroxyl groups is 1. The minimum absolute atomic E-state index is 0.518. The molecule has 0 amide bonds. The molecule has 0 aromatic heterocycles. The molecule has 0 aliphatic carbocycles. The molecule has 0 aliphatic rings. The second-order valence-corrected chi connectivity index (χ2v) is 5.51. The van der Waals surface area contributed by atoms with Gasteiger partial charge in [-0.15, -0.1) is 0 Å². The Morgan fingerprint density at radius 3 is 2.26 bits per heavy atom. The summed E-state index contributed by atoms with van der Waals surface area (Å²) in [5.74, 6) is 0.718. The largest absolute Gasteiger partial charge is 0.389 e. The maximum atomic E-state index is 9.61. The lowest BCUT2D eigenvalue weighted by Gasteiger charge is -2.28. The summed E-state index contributed by atoms with van der Waals surface area (Å²) >= 11 is 6.24. The maximum absolute atomic E-state index is 9.61. The Hall–Kier alpha value is -0.730. The van der Waals surface area contributed by atoms with Gasteiger partial charge in [-0.25, -0.2) is 0 Å². The summed E-state index contributed by atoms with van der Waals surface area (Å²) in [4.78, 5) is 2.36. The third-order valence-corrected chi connectivity index (χ3v) is 4.14. The van der Waals surface area contributed by atoms with Crippen LogP contribution in [0.5, 0.6) is 0 Å². The average Bonchev–Trinajstić information content (AvgIpc) is 2.39. The van der Waals surface area contributed by atoms with Crippen molar-refractivity contribution in [2.24, 2.45) is 5.92 Å². The summed E-state index contributed by atoms with van der Waals surface area (Å²) in [6, 6.07) is 5.95. The first-order valence-corrected chi connectivity index (χ1v) is 7.63. The van der Waals surface area contributed by atoms with Crippen molar-refractivity contribution in [3.05, 3.63) is 28.8 Å². The van der Waals surface area contributed by atoms with Crippen LogP contribution in [-0.2, 0) is 0 Å². The molecule has 1 rings (SSSR count). The van der Waals surface area contributed by atoms with Gasteiger partial charge in [0.25, 0.3) is 0 Å². The molecule has 1 unspecified atom stereocenters. The van der Waals surface area contributed by atoms with Gasteiger partial charge in [-0.2, -0.15) is 0 Å². The fourth-order valence-electron chi connectivity index (χ4n) is 2.33. The topological polar surface area (TPSA) is 23.5 Å². The lowest BCUT2D eigenvalue weighted by atomic mass is 10.0. The fraction of sp³-hybridized carbons (Fsp3) is 0.625. The highest BCUT2D eigenvalue weighted by molar-refractivity contribution is 6.31. The van der Waals surface area contributed by atoms with Gasteiger partial charge in [0.05, 0.1) is 6.10 Å². The van der Waals surface area contributed by atoms with Crippen LogP contribution in [-0.4, -0.2) is 18.2 Å². The van der Waals surface area contributed by atoms with Crippen LogP contribution in [0.2, 0.25) is 5.02 Å². The number of anilines is 1. The summed E-state index contributed by atoms with van der Waals surface area (Å²) < 4.78 is 0. The normalized spacial score (nSPS) is 12.8. The van der Waals surface area contributed by atoms with E-state index in [0.717, 1.165) is 30.3 Å². The molecule has 0 saturated heterocycles. The maximum Gasteiger partial charge on any atom is 0.0776 e. The van der Waals surface area contributed by atoms with Crippen molar-refractivity contribution in [1.82, 2.24) is 0 Å². The first-order valence-electron chi connectivity index (χ1n) is 7.25. The first-order chi connectivity index (χ1) is 9.03. The number of nitrogens with zero attached hydrogens (tertiary/aromatic N) is 1. The van der Waals surface area contributed by atoms with Crippen molar-refractivity contribution in [2.45, 2.75) is 46.6 Å². The molecule has 0 bridgehead atoms. The van der Waals surface area contributed by atoms with Gasteiger partial charge >= 0.3 is 0 Å². The van der Waals surface area contributed by atoms with Crippen molar-refractivity contribution in [2.75, 3.05) is 18.0 Å². The van der Waals surface area contributed by atoms with Crippen molar-refractivity contribution < 1.29 is 5.11 Å². The zero-order chi connectivity index (χ0) is 14.4. The van der Waals surface area contributed by atoms with E-state index in [0.29, 0.717) is 5.02 Å². The smallest absolute Gasteiger partial charge is 0.0776 e. The van der Waals surface area contributed by atoms with E-state index in [4.69, 9.17) is 11.6 Å². The summed E-state index contributed by atoms with van der Waals surface area (Å²) in [5.41, 5.74) is 1.94. The van der Waals surface area contributed by atoms with E-state index >= 15 is 0 Å². The number of aliphatic hydroxyl groups excluding tert-OH is 1. The average molecular weight is 284 g/mol. The molecule has 0 heterocycles. The van der Waals surface area contributed by atoms with Gasteiger partial charge in [0, 0.05) is 23.8 Å². The Balaban J connectivity index is 2.90. The van der Waals surface area contributed by atoms with Crippen molar-refractivity contribution in [3.8, 4) is 0 Å². The minimum Gasteiger partial charge on any atom is -0.389 e. The zero-order valence-electron chi connectivity index (χ0n) is 12.5. The highest BCUT2D eigenvalue weighted by Crippen LogP contribution is 2.28. The van der Waals surface area contributed by atoms with Crippen LogP contribution < -0.4 is 4.90 Å². The number of benzene rings is 1. The van der Waals surface area contributed by atoms with E-state index in [1.165, 1.54) is 12.8 Å². The van der Waals surface area contributed by atoms with Gasteiger partial charge < -0.3 is 10.0 Å². The molecule has 108 valence electrons. The SMILES string of the molecule is CCC(CC)CN(CC)c1ccc(C(C)O)c(Cl)c1. The van der Waals surface area contributed by atoms with E-state index in [1.54, 1.807) is 6.92 Å². The standard InChI is InChI=1S/C16H26ClNO/c1-5-13(6-2)11-18(7-3)14-8-9-15(12(4)19)16(17)10-14/h8-10,12-13,19H,5-7,11H2,1-4H3. The number of hydrogen-bond donors (Lipinski definition) is 1. The van der Waals surface area contributed by atoms with Crippen LogP contribution in [0.15, 0.2) is 18.2 Å². The van der Waals surface area contributed by atoms with Crippen molar-refractivity contribution in [1.29, 1.82) is 0 Å². The van der Waals surface area contributed by atoms with Crippen molar-refractivity contribution in [3.63, 3.8) is 0 Å². The number of hydrogen-bond acceptors (Lipinski definition) is 2. The molecule has 3 heteroatoms. The lowest BCUT2D eigenvalue weighted by molar-refractivity contribution is 0.199. The third-order valence-electron chi connectivity index (χ3n) is 3.81. The van der Waals surface area contributed by atoms with E-state index in [-0.39, 0.29) is 0 Å². The van der Waals surface area contributed by atoms with E-state index in [1.807, 2.05) is 12.1 Å². The second kappa shape index (κ2) is 7.76. The summed E-state index contributed by atoms with van der Waals surface area (Å²) in [6.45, 7) is 10.4. The fourth-order valence-corrected chi connectivity index (χ4v) is 2.66. The molecule has 1 aromatic carbocycles. The molecule has 0 radical (unpaired) electrons. The quantitative estimate of drug-likeness (QED) is 0.787. The first kappa shape index (κ1) is 16.3. The van der Waals surface area contributed by atoms with Gasteiger partial charge in [0.2, 0.25) is 0 Å². The summed E-state index contributed by atoms with van der Waals surface area (Å²) in [5, 5.41) is 10.3.